The second kappa shape index (κ2) is 10.9. The fourth-order valence-corrected chi connectivity index (χ4v) is 2.17. The molecule has 6 heteroatoms. The Balaban J connectivity index is 2.28. The van der Waals surface area contributed by atoms with Crippen LogP contribution in [0.25, 0.3) is 0 Å². The molecule has 0 radical (unpaired) electrons. The lowest BCUT2D eigenvalue weighted by Crippen LogP contribution is -2.40. The molecule has 0 spiro atoms. The highest BCUT2D eigenvalue weighted by atomic mass is 35.5. The van der Waals surface area contributed by atoms with Crippen molar-refractivity contribution in [2.75, 3.05) is 19.0 Å². The number of alkyl halides is 1. The molecule has 0 aromatic heterocycles. The monoisotopic (exact) mass is 354 g/mol. The van der Waals surface area contributed by atoms with E-state index in [-0.39, 0.29) is 11.8 Å². The molecule has 1 aromatic rings. The van der Waals surface area contributed by atoms with Crippen molar-refractivity contribution < 1.29 is 14.3 Å². The highest BCUT2D eigenvalue weighted by Gasteiger charge is 2.14. The van der Waals surface area contributed by atoms with Gasteiger partial charge in [-0.2, -0.15) is 0 Å². The van der Waals surface area contributed by atoms with Crippen LogP contribution in [-0.2, 0) is 9.59 Å². The minimum Gasteiger partial charge on any atom is -0.481 e. The zero-order valence-corrected chi connectivity index (χ0v) is 15.4. The Bertz CT molecular complexity index is 518. The van der Waals surface area contributed by atoms with Gasteiger partial charge in [-0.05, 0) is 37.0 Å². The molecule has 1 rings (SSSR count). The maximum atomic E-state index is 12.0. The van der Waals surface area contributed by atoms with Gasteiger partial charge in [0.1, 0.15) is 5.75 Å². The van der Waals surface area contributed by atoms with E-state index < -0.39 is 6.10 Å². The highest BCUT2D eigenvalue weighted by molar-refractivity contribution is 6.17. The smallest absolute Gasteiger partial charge is 0.260 e. The van der Waals surface area contributed by atoms with Crippen molar-refractivity contribution in [3.05, 3.63) is 29.8 Å². The summed E-state index contributed by atoms with van der Waals surface area (Å²) < 4.78 is 5.63. The lowest BCUT2D eigenvalue weighted by Gasteiger charge is -2.15. The third-order valence-electron chi connectivity index (χ3n) is 3.51. The first-order chi connectivity index (χ1) is 11.4. The van der Waals surface area contributed by atoms with Gasteiger partial charge in [-0.15, -0.1) is 11.6 Å². The van der Waals surface area contributed by atoms with Crippen LogP contribution in [0.4, 0.5) is 0 Å². The first kappa shape index (κ1) is 20.3. The van der Waals surface area contributed by atoms with Gasteiger partial charge in [-0.25, -0.2) is 0 Å². The molecular weight excluding hydrogens is 328 g/mol. The van der Waals surface area contributed by atoms with Crippen LogP contribution in [0.2, 0.25) is 0 Å². The summed E-state index contributed by atoms with van der Waals surface area (Å²) >= 11 is 5.52. The quantitative estimate of drug-likeness (QED) is 0.501. The Morgan fingerprint density at radius 1 is 1.08 bits per heavy atom. The topological polar surface area (TPSA) is 67.4 Å². The van der Waals surface area contributed by atoms with Gasteiger partial charge in [0.25, 0.3) is 5.91 Å². The second-order valence-corrected chi connectivity index (χ2v) is 6.30. The van der Waals surface area contributed by atoms with Gasteiger partial charge in [0.05, 0.1) is 0 Å². The third-order valence-corrected chi connectivity index (χ3v) is 3.78. The van der Waals surface area contributed by atoms with E-state index in [0.717, 1.165) is 0 Å². The summed E-state index contributed by atoms with van der Waals surface area (Å²) in [7, 11) is 0. The number of benzene rings is 1. The fraction of sp³-hybridized carbons (Fsp3) is 0.556. The number of halogens is 1. The van der Waals surface area contributed by atoms with Gasteiger partial charge >= 0.3 is 0 Å². The van der Waals surface area contributed by atoms with Crippen molar-refractivity contribution in [2.45, 2.75) is 45.6 Å². The van der Waals surface area contributed by atoms with Crippen LogP contribution in [0.3, 0.4) is 0 Å². The number of hydrogen-bond acceptors (Lipinski definition) is 3. The van der Waals surface area contributed by atoms with E-state index >= 15 is 0 Å². The zero-order chi connectivity index (χ0) is 17.9. The first-order valence-corrected chi connectivity index (χ1v) is 8.84. The molecule has 134 valence electrons. The van der Waals surface area contributed by atoms with Crippen LogP contribution < -0.4 is 15.4 Å². The van der Waals surface area contributed by atoms with E-state index in [1.54, 1.807) is 6.92 Å². The minimum absolute atomic E-state index is 0.0561. The van der Waals surface area contributed by atoms with Crippen molar-refractivity contribution in [1.82, 2.24) is 10.6 Å². The van der Waals surface area contributed by atoms with Gasteiger partial charge in [0.15, 0.2) is 6.10 Å². The standard InChI is InChI=1S/C18H27ClN2O3/c1-13(2)15-6-8-16(9-7-15)24-14(3)18(23)21-12-11-20-17(22)5-4-10-19/h6-9,13-14H,4-5,10-12H2,1-3H3,(H,20,22)(H,21,23). The molecule has 0 saturated heterocycles. The van der Waals surface area contributed by atoms with Gasteiger partial charge in [0, 0.05) is 25.4 Å². The maximum Gasteiger partial charge on any atom is 0.260 e. The number of ether oxygens (including phenoxy) is 1. The number of carbonyl (C=O) groups excluding carboxylic acids is 2. The van der Waals surface area contributed by atoms with Crippen molar-refractivity contribution in [3.63, 3.8) is 0 Å². The summed E-state index contributed by atoms with van der Waals surface area (Å²) in [5.74, 6) is 1.32. The van der Waals surface area contributed by atoms with Crippen LogP contribution in [0.1, 0.15) is 45.1 Å². The molecule has 0 aliphatic rings. The number of carbonyl (C=O) groups is 2. The molecule has 0 aliphatic carbocycles. The predicted molar refractivity (Wildman–Crippen MR) is 96.6 cm³/mol. The Morgan fingerprint density at radius 2 is 1.71 bits per heavy atom. The summed E-state index contributed by atoms with van der Waals surface area (Å²) in [5, 5.41) is 5.46. The fourth-order valence-electron chi connectivity index (χ4n) is 2.04. The Hall–Kier alpha value is -1.75. The van der Waals surface area contributed by atoms with Gasteiger partial charge in [0.2, 0.25) is 5.91 Å². The van der Waals surface area contributed by atoms with Crippen molar-refractivity contribution in [2.24, 2.45) is 0 Å². The summed E-state index contributed by atoms with van der Waals surface area (Å²) in [6, 6.07) is 7.74. The van der Waals surface area contributed by atoms with E-state index in [0.29, 0.717) is 43.5 Å². The minimum atomic E-state index is -0.596. The van der Waals surface area contributed by atoms with Crippen LogP contribution >= 0.6 is 11.6 Å². The second-order valence-electron chi connectivity index (χ2n) is 5.92. The molecule has 5 nitrogen and oxygen atoms in total. The third kappa shape index (κ3) is 7.68. The van der Waals surface area contributed by atoms with Crippen LogP contribution in [0.5, 0.6) is 5.75 Å². The van der Waals surface area contributed by atoms with Crippen molar-refractivity contribution in [3.8, 4) is 5.75 Å². The number of nitrogens with one attached hydrogen (secondary N) is 2. The summed E-state index contributed by atoms with van der Waals surface area (Å²) in [4.78, 5) is 23.4. The SMILES string of the molecule is CC(Oc1ccc(C(C)C)cc1)C(=O)NCCNC(=O)CCCCl. The summed E-state index contributed by atoms with van der Waals surface area (Å²) in [6.07, 6.45) is 0.464. The van der Waals surface area contributed by atoms with Gasteiger partial charge in [-0.1, -0.05) is 26.0 Å². The van der Waals surface area contributed by atoms with E-state index in [2.05, 4.69) is 24.5 Å². The van der Waals surface area contributed by atoms with E-state index in [1.807, 2.05) is 24.3 Å². The molecule has 0 bridgehead atoms. The molecule has 1 atom stereocenters. The lowest BCUT2D eigenvalue weighted by molar-refractivity contribution is -0.127. The van der Waals surface area contributed by atoms with E-state index in [9.17, 15) is 9.59 Å². The number of rotatable bonds is 10. The normalized spacial score (nSPS) is 11.9. The molecule has 0 aliphatic heterocycles. The Kier molecular flexibility index (Phi) is 9.23. The van der Waals surface area contributed by atoms with Crippen molar-refractivity contribution >= 4 is 23.4 Å². The maximum absolute atomic E-state index is 12.0. The molecule has 24 heavy (non-hydrogen) atoms. The Morgan fingerprint density at radius 3 is 2.29 bits per heavy atom. The number of hydrogen-bond donors (Lipinski definition) is 2. The average molecular weight is 355 g/mol. The first-order valence-electron chi connectivity index (χ1n) is 8.31. The van der Waals surface area contributed by atoms with E-state index in [1.165, 1.54) is 5.56 Å². The molecule has 0 fully saturated rings. The van der Waals surface area contributed by atoms with Gasteiger partial charge in [-0.3, -0.25) is 9.59 Å². The number of amides is 2. The highest BCUT2D eigenvalue weighted by Crippen LogP contribution is 2.19. The lowest BCUT2D eigenvalue weighted by atomic mass is 10.0. The summed E-state index contributed by atoms with van der Waals surface area (Å²) in [6.45, 7) is 6.71. The summed E-state index contributed by atoms with van der Waals surface area (Å²) in [5.41, 5.74) is 1.23. The molecule has 2 amide bonds. The van der Waals surface area contributed by atoms with Crippen LogP contribution in [0.15, 0.2) is 24.3 Å². The molecule has 1 unspecified atom stereocenters. The largest absolute Gasteiger partial charge is 0.481 e. The zero-order valence-electron chi connectivity index (χ0n) is 14.6. The predicted octanol–water partition coefficient (Wildman–Crippen LogP) is 2.83. The molecule has 0 heterocycles. The molecular formula is C18H27ClN2O3. The van der Waals surface area contributed by atoms with Crippen molar-refractivity contribution in [1.29, 1.82) is 0 Å². The average Bonchev–Trinajstić information content (AvgIpc) is 2.57. The van der Waals surface area contributed by atoms with Crippen LogP contribution in [-0.4, -0.2) is 36.9 Å². The molecule has 2 N–H and O–H groups in total. The van der Waals surface area contributed by atoms with E-state index in [4.69, 9.17) is 16.3 Å². The Labute approximate surface area is 149 Å². The van der Waals surface area contributed by atoms with Gasteiger partial charge < -0.3 is 15.4 Å². The molecule has 1 aromatic carbocycles. The molecule has 0 saturated carbocycles. The van der Waals surface area contributed by atoms with Crippen LogP contribution in [0, 0.1) is 0 Å².